The van der Waals surface area contributed by atoms with E-state index >= 15 is 0 Å². The minimum atomic E-state index is -0.00518. The molecule has 2 heteroatoms. The largest absolute Gasteiger partial charge is 0.302 e. The summed E-state index contributed by atoms with van der Waals surface area (Å²) >= 11 is 0. The number of aryl methyl sites for hydroxylation is 2. The molecular weight excluding hydrogens is 282 g/mol. The third kappa shape index (κ3) is 3.09. The lowest BCUT2D eigenvalue weighted by atomic mass is 9.76. The molecule has 1 saturated heterocycles. The molecule has 0 aromatic heterocycles. The fraction of sp³-hybridized carbons (Fsp3) is 0.381. The number of Topliss-reactive ketones (excluding diaryl/α,β-unsaturated/α-hetero) is 1. The van der Waals surface area contributed by atoms with Crippen LogP contribution in [-0.4, -0.2) is 5.78 Å². The van der Waals surface area contributed by atoms with Gasteiger partial charge in [0.15, 0.2) is 0 Å². The van der Waals surface area contributed by atoms with Gasteiger partial charge in [0.2, 0.25) is 0 Å². The van der Waals surface area contributed by atoms with E-state index in [4.69, 9.17) is 0 Å². The Morgan fingerprint density at radius 1 is 0.696 bits per heavy atom. The molecule has 0 radical (unpaired) electrons. The minimum absolute atomic E-state index is 0.00518. The molecule has 2 nitrogen and oxygen atoms in total. The summed E-state index contributed by atoms with van der Waals surface area (Å²) in [6.45, 7) is 8.26. The van der Waals surface area contributed by atoms with E-state index in [0.717, 1.165) is 0 Å². The molecule has 1 fully saturated rings. The molecule has 0 bridgehead atoms. The van der Waals surface area contributed by atoms with E-state index in [1.807, 2.05) is 13.8 Å². The van der Waals surface area contributed by atoms with Gasteiger partial charge in [-0.05, 0) is 25.0 Å². The summed E-state index contributed by atoms with van der Waals surface area (Å²) in [6, 6.07) is 17.2. The Morgan fingerprint density at radius 3 is 1.39 bits per heavy atom. The van der Waals surface area contributed by atoms with Gasteiger partial charge in [-0.2, -0.15) is 0 Å². The van der Waals surface area contributed by atoms with Crippen molar-refractivity contribution in [3.63, 3.8) is 0 Å². The number of hydrogen-bond acceptors (Lipinski definition) is 2. The van der Waals surface area contributed by atoms with E-state index in [-0.39, 0.29) is 23.9 Å². The molecule has 0 saturated carbocycles. The molecule has 0 aliphatic carbocycles. The van der Waals surface area contributed by atoms with Crippen molar-refractivity contribution in [2.24, 2.45) is 11.8 Å². The molecule has 1 heterocycles. The van der Waals surface area contributed by atoms with Crippen LogP contribution in [0.1, 0.15) is 48.2 Å². The smallest absolute Gasteiger partial charge is 0.142 e. The van der Waals surface area contributed by atoms with E-state index in [1.54, 1.807) is 0 Å². The summed E-state index contributed by atoms with van der Waals surface area (Å²) < 4.78 is 0. The second kappa shape index (κ2) is 6.29. The van der Waals surface area contributed by atoms with Gasteiger partial charge in [0.1, 0.15) is 5.78 Å². The van der Waals surface area contributed by atoms with Crippen LogP contribution in [0, 0.1) is 25.7 Å². The molecule has 120 valence electrons. The van der Waals surface area contributed by atoms with Crippen LogP contribution >= 0.6 is 0 Å². The second-order valence-electron chi connectivity index (χ2n) is 6.92. The third-order valence-electron chi connectivity index (χ3n) is 5.13. The first kappa shape index (κ1) is 15.9. The molecule has 1 aliphatic heterocycles. The Hall–Kier alpha value is -1.93. The van der Waals surface area contributed by atoms with Crippen LogP contribution in [0.4, 0.5) is 0 Å². The van der Waals surface area contributed by atoms with E-state index in [2.05, 4.69) is 67.7 Å². The normalized spacial score (nSPS) is 27.9. The van der Waals surface area contributed by atoms with Crippen LogP contribution in [0.3, 0.4) is 0 Å². The summed E-state index contributed by atoms with van der Waals surface area (Å²) in [4.78, 5) is 12.8. The maximum absolute atomic E-state index is 12.8. The molecule has 2 aromatic rings. The van der Waals surface area contributed by atoms with Gasteiger partial charge in [0.25, 0.3) is 0 Å². The van der Waals surface area contributed by atoms with Gasteiger partial charge in [-0.15, -0.1) is 0 Å². The Labute approximate surface area is 138 Å². The average molecular weight is 307 g/mol. The van der Waals surface area contributed by atoms with E-state index in [9.17, 15) is 4.79 Å². The SMILES string of the molecule is Cc1ccc([C@@H]2N[C@@H](c3ccc(C)cc3)[C@@H](C)C(=O)[C@@H]2C)cc1. The number of benzene rings is 2. The van der Waals surface area contributed by atoms with Gasteiger partial charge in [0.05, 0.1) is 0 Å². The van der Waals surface area contributed by atoms with Crippen LogP contribution in [-0.2, 0) is 4.79 Å². The van der Waals surface area contributed by atoms with Crippen molar-refractivity contribution < 1.29 is 4.79 Å². The Balaban J connectivity index is 1.94. The first-order valence-corrected chi connectivity index (χ1v) is 8.40. The number of piperidine rings is 1. The van der Waals surface area contributed by atoms with Gasteiger partial charge in [0, 0.05) is 23.9 Å². The van der Waals surface area contributed by atoms with Crippen LogP contribution in [0.2, 0.25) is 0 Å². The highest BCUT2D eigenvalue weighted by molar-refractivity contribution is 5.85. The van der Waals surface area contributed by atoms with E-state index in [0.29, 0.717) is 5.78 Å². The monoisotopic (exact) mass is 307 g/mol. The van der Waals surface area contributed by atoms with Crippen molar-refractivity contribution in [3.05, 3.63) is 70.8 Å². The van der Waals surface area contributed by atoms with Gasteiger partial charge >= 0.3 is 0 Å². The molecule has 3 rings (SSSR count). The summed E-state index contributed by atoms with van der Waals surface area (Å²) in [5, 5.41) is 3.73. The molecule has 4 atom stereocenters. The fourth-order valence-corrected chi connectivity index (χ4v) is 3.54. The topological polar surface area (TPSA) is 29.1 Å². The van der Waals surface area contributed by atoms with Crippen molar-refractivity contribution in [1.82, 2.24) is 5.32 Å². The van der Waals surface area contributed by atoms with Gasteiger partial charge in [-0.3, -0.25) is 4.79 Å². The van der Waals surface area contributed by atoms with Crippen molar-refractivity contribution in [3.8, 4) is 0 Å². The molecule has 1 aliphatic rings. The second-order valence-corrected chi connectivity index (χ2v) is 6.92. The van der Waals surface area contributed by atoms with Crippen molar-refractivity contribution in [1.29, 1.82) is 0 Å². The highest BCUT2D eigenvalue weighted by Crippen LogP contribution is 2.38. The quantitative estimate of drug-likeness (QED) is 0.883. The summed E-state index contributed by atoms with van der Waals surface area (Å²) in [5.41, 5.74) is 4.87. The summed E-state index contributed by atoms with van der Waals surface area (Å²) in [6.07, 6.45) is 0. The van der Waals surface area contributed by atoms with Crippen molar-refractivity contribution in [2.45, 2.75) is 39.8 Å². The molecular formula is C21H25NO. The Kier molecular flexibility index (Phi) is 4.36. The average Bonchev–Trinajstić information content (AvgIpc) is 2.55. The number of carbonyl (C=O) groups excluding carboxylic acids is 1. The predicted molar refractivity (Wildman–Crippen MR) is 94.3 cm³/mol. The number of nitrogens with one attached hydrogen (secondary N) is 1. The number of ketones is 1. The maximum Gasteiger partial charge on any atom is 0.142 e. The molecule has 0 unspecified atom stereocenters. The lowest BCUT2D eigenvalue weighted by Crippen LogP contribution is -2.46. The van der Waals surface area contributed by atoms with Crippen LogP contribution < -0.4 is 5.32 Å². The molecule has 0 amide bonds. The highest BCUT2D eigenvalue weighted by Gasteiger charge is 2.39. The Morgan fingerprint density at radius 2 is 1.04 bits per heavy atom. The zero-order chi connectivity index (χ0) is 16.6. The lowest BCUT2D eigenvalue weighted by molar-refractivity contribution is -0.130. The summed E-state index contributed by atoms with van der Waals surface area (Å²) in [5.74, 6) is 0.337. The summed E-state index contributed by atoms with van der Waals surface area (Å²) in [7, 11) is 0. The molecule has 0 spiro atoms. The van der Waals surface area contributed by atoms with E-state index < -0.39 is 0 Å². The molecule has 23 heavy (non-hydrogen) atoms. The maximum atomic E-state index is 12.8. The van der Waals surface area contributed by atoms with Crippen LogP contribution in [0.5, 0.6) is 0 Å². The predicted octanol–water partition coefficient (Wildman–Crippen LogP) is 4.53. The van der Waals surface area contributed by atoms with Crippen molar-refractivity contribution >= 4 is 5.78 Å². The Bertz CT molecular complexity index is 627. The standard InChI is InChI=1S/C21H25NO/c1-13-5-9-17(10-6-13)19-15(3)21(23)16(4)20(22-19)18-11-7-14(2)8-12-18/h5-12,15-16,19-20,22H,1-4H3/t15-,16-,19-,20-/m1/s1. The first-order valence-electron chi connectivity index (χ1n) is 8.40. The molecule has 1 N–H and O–H groups in total. The number of rotatable bonds is 2. The van der Waals surface area contributed by atoms with Crippen LogP contribution in [0.25, 0.3) is 0 Å². The van der Waals surface area contributed by atoms with Crippen molar-refractivity contribution in [2.75, 3.05) is 0 Å². The highest BCUT2D eigenvalue weighted by atomic mass is 16.1. The number of hydrogen-bond donors (Lipinski definition) is 1. The molecule has 2 aromatic carbocycles. The zero-order valence-corrected chi connectivity index (χ0v) is 14.3. The number of carbonyl (C=O) groups is 1. The fourth-order valence-electron chi connectivity index (χ4n) is 3.54. The van der Waals surface area contributed by atoms with Gasteiger partial charge in [-0.1, -0.05) is 73.5 Å². The third-order valence-corrected chi connectivity index (χ3v) is 5.13. The first-order chi connectivity index (χ1) is 11.0. The minimum Gasteiger partial charge on any atom is -0.302 e. The van der Waals surface area contributed by atoms with Gasteiger partial charge in [-0.25, -0.2) is 0 Å². The lowest BCUT2D eigenvalue weighted by Gasteiger charge is -2.39. The van der Waals surface area contributed by atoms with E-state index in [1.165, 1.54) is 22.3 Å². The van der Waals surface area contributed by atoms with Gasteiger partial charge < -0.3 is 5.32 Å². The zero-order valence-electron chi connectivity index (χ0n) is 14.3. The van der Waals surface area contributed by atoms with Crippen LogP contribution in [0.15, 0.2) is 48.5 Å².